The Balaban J connectivity index is 1.94. The summed E-state index contributed by atoms with van der Waals surface area (Å²) < 4.78 is 34.3. The normalized spacial score (nSPS) is 13.8. The molecule has 0 aliphatic carbocycles. The van der Waals surface area contributed by atoms with Crippen LogP contribution in [0.3, 0.4) is 0 Å². The van der Waals surface area contributed by atoms with Crippen LogP contribution in [-0.4, -0.2) is 45.7 Å². The minimum Gasteiger partial charge on any atom is -0.493 e. The van der Waals surface area contributed by atoms with Gasteiger partial charge in [-0.25, -0.2) is 0 Å². The van der Waals surface area contributed by atoms with Crippen molar-refractivity contribution in [1.29, 1.82) is 0 Å². The summed E-state index contributed by atoms with van der Waals surface area (Å²) in [5.74, 6) is 1.61. The number of nitrogens with one attached hydrogen (secondary N) is 1. The zero-order chi connectivity index (χ0) is 28.9. The molecule has 1 aliphatic rings. The first-order valence-corrected chi connectivity index (χ1v) is 13.0. The Bertz CT molecular complexity index is 1320. The lowest BCUT2D eigenvalue weighted by Gasteiger charge is -2.32. The predicted molar refractivity (Wildman–Crippen MR) is 154 cm³/mol. The van der Waals surface area contributed by atoms with E-state index in [9.17, 15) is 4.79 Å². The van der Waals surface area contributed by atoms with E-state index < -0.39 is 23.5 Å². The van der Waals surface area contributed by atoms with Crippen LogP contribution in [0.4, 0.5) is 0 Å². The number of rotatable bonds is 11. The molecule has 0 saturated heterocycles. The van der Waals surface area contributed by atoms with Crippen LogP contribution in [0.2, 0.25) is 0 Å². The van der Waals surface area contributed by atoms with Crippen LogP contribution < -0.4 is 29.0 Å². The first-order chi connectivity index (χ1) is 19.2. The maximum atomic E-state index is 14.0. The molecule has 0 bridgehead atoms. The summed E-state index contributed by atoms with van der Waals surface area (Å²) in [5.41, 5.74) is 2.64. The van der Waals surface area contributed by atoms with Crippen LogP contribution in [-0.2, 0) is 16.1 Å². The Morgan fingerprint density at radius 1 is 0.975 bits per heavy atom. The number of carbonyl (C=O) groups excluding carboxylic acids is 1. The van der Waals surface area contributed by atoms with Gasteiger partial charge < -0.3 is 28.4 Å². The number of esters is 1. The van der Waals surface area contributed by atoms with Gasteiger partial charge in [-0.05, 0) is 67.3 Å². The van der Waals surface area contributed by atoms with E-state index in [4.69, 9.17) is 28.4 Å². The van der Waals surface area contributed by atoms with Crippen molar-refractivity contribution in [2.75, 3.05) is 28.1 Å². The molecule has 0 aromatic heterocycles. The average molecular weight is 548 g/mol. The number of ether oxygens (including phenoxy) is 6. The molecular formula is C32H37NO7. The monoisotopic (exact) mass is 547 g/mol. The molecule has 8 heteroatoms. The van der Waals surface area contributed by atoms with E-state index in [-0.39, 0.29) is 6.79 Å². The lowest BCUT2D eigenvalue weighted by Crippen LogP contribution is -2.45. The van der Waals surface area contributed by atoms with Crippen molar-refractivity contribution in [2.45, 2.75) is 44.9 Å². The summed E-state index contributed by atoms with van der Waals surface area (Å²) >= 11 is 0. The van der Waals surface area contributed by atoms with Gasteiger partial charge in [-0.15, -0.1) is 0 Å². The minimum absolute atomic E-state index is 0.117. The lowest BCUT2D eigenvalue weighted by molar-refractivity contribution is -0.158. The van der Waals surface area contributed by atoms with Gasteiger partial charge in [-0.3, -0.25) is 10.1 Å². The van der Waals surface area contributed by atoms with Crippen LogP contribution in [0.1, 0.15) is 48.9 Å². The van der Waals surface area contributed by atoms with E-state index in [1.807, 2.05) is 75.4 Å². The third kappa shape index (κ3) is 6.34. The molecule has 3 aromatic carbocycles. The standard InChI is InChI=1S/C32H37NO7/c1-8-21-14-24-25(39-19-38-24)17-23(21)28(22-15-26(35-5)30(37-7)27(16-22)36-6)29(31(34)40-32(2,3)4)33-18-20-12-10-9-11-13-20/h8-17,28-29,33H,1,18-19H2,2-7H3/t28-,29+/m1/s1. The van der Waals surface area contributed by atoms with Crippen molar-refractivity contribution in [3.8, 4) is 28.7 Å². The van der Waals surface area contributed by atoms with E-state index >= 15 is 0 Å². The maximum absolute atomic E-state index is 14.0. The number of carbonyl (C=O) groups is 1. The Kier molecular flexibility index (Phi) is 8.90. The van der Waals surface area contributed by atoms with Crippen LogP contribution in [0.25, 0.3) is 6.08 Å². The van der Waals surface area contributed by atoms with E-state index in [0.29, 0.717) is 35.3 Å². The first kappa shape index (κ1) is 28.8. The molecule has 1 heterocycles. The molecule has 0 radical (unpaired) electrons. The molecule has 1 aliphatic heterocycles. The van der Waals surface area contributed by atoms with Crippen LogP contribution in [0, 0.1) is 0 Å². The minimum atomic E-state index is -0.818. The van der Waals surface area contributed by atoms with Gasteiger partial charge in [0.15, 0.2) is 23.0 Å². The maximum Gasteiger partial charge on any atom is 0.324 e. The topological polar surface area (TPSA) is 84.5 Å². The fourth-order valence-corrected chi connectivity index (χ4v) is 4.78. The second-order valence-corrected chi connectivity index (χ2v) is 10.4. The van der Waals surface area contributed by atoms with Gasteiger partial charge in [0.1, 0.15) is 11.6 Å². The fourth-order valence-electron chi connectivity index (χ4n) is 4.78. The molecule has 212 valence electrons. The Hall–Kier alpha value is -4.17. The van der Waals surface area contributed by atoms with Gasteiger partial charge in [0.2, 0.25) is 12.5 Å². The summed E-state index contributed by atoms with van der Waals surface area (Å²) in [6.45, 7) is 10.1. The van der Waals surface area contributed by atoms with Gasteiger partial charge in [-0.1, -0.05) is 43.0 Å². The van der Waals surface area contributed by atoms with Crippen molar-refractivity contribution in [3.63, 3.8) is 0 Å². The molecule has 0 fully saturated rings. The van der Waals surface area contributed by atoms with Gasteiger partial charge in [-0.2, -0.15) is 0 Å². The average Bonchev–Trinajstić information content (AvgIpc) is 3.40. The number of fused-ring (bicyclic) bond motifs is 1. The van der Waals surface area contributed by atoms with Crippen molar-refractivity contribution in [3.05, 3.63) is 83.4 Å². The van der Waals surface area contributed by atoms with E-state index in [1.165, 1.54) is 0 Å². The largest absolute Gasteiger partial charge is 0.493 e. The molecule has 40 heavy (non-hydrogen) atoms. The van der Waals surface area contributed by atoms with Gasteiger partial charge in [0, 0.05) is 12.5 Å². The predicted octanol–water partition coefficient (Wildman–Crippen LogP) is 5.72. The molecular weight excluding hydrogens is 510 g/mol. The third-order valence-corrected chi connectivity index (χ3v) is 6.54. The highest BCUT2D eigenvalue weighted by molar-refractivity contribution is 5.80. The van der Waals surface area contributed by atoms with Crippen LogP contribution >= 0.6 is 0 Å². The quantitative estimate of drug-likeness (QED) is 0.306. The van der Waals surface area contributed by atoms with Gasteiger partial charge in [0.25, 0.3) is 0 Å². The fraction of sp³-hybridized carbons (Fsp3) is 0.344. The summed E-state index contributed by atoms with van der Waals surface area (Å²) in [5, 5.41) is 3.48. The Morgan fingerprint density at radius 3 is 2.15 bits per heavy atom. The third-order valence-electron chi connectivity index (χ3n) is 6.54. The number of hydrogen-bond acceptors (Lipinski definition) is 8. The molecule has 0 amide bonds. The van der Waals surface area contributed by atoms with Crippen molar-refractivity contribution >= 4 is 12.0 Å². The zero-order valence-electron chi connectivity index (χ0n) is 23.9. The second kappa shape index (κ2) is 12.3. The van der Waals surface area contributed by atoms with E-state index in [1.54, 1.807) is 27.4 Å². The SMILES string of the molecule is C=Cc1cc2c(cc1[C@@H](c1cc(OC)c(OC)c(OC)c1)[C@H](NCc1ccccc1)C(=O)OC(C)(C)C)OCO2. The molecule has 2 atom stereocenters. The van der Waals surface area contributed by atoms with Crippen molar-refractivity contribution in [1.82, 2.24) is 5.32 Å². The molecule has 0 unspecified atom stereocenters. The van der Waals surface area contributed by atoms with Crippen molar-refractivity contribution in [2.24, 2.45) is 0 Å². The molecule has 8 nitrogen and oxygen atoms in total. The number of methoxy groups -OCH3 is 3. The van der Waals surface area contributed by atoms with Crippen LogP contribution in [0.15, 0.2) is 61.2 Å². The number of benzene rings is 3. The van der Waals surface area contributed by atoms with E-state index in [2.05, 4.69) is 11.9 Å². The molecule has 3 aromatic rings. The summed E-state index contributed by atoms with van der Waals surface area (Å²) in [4.78, 5) is 14.0. The summed E-state index contributed by atoms with van der Waals surface area (Å²) in [6.07, 6.45) is 1.74. The summed E-state index contributed by atoms with van der Waals surface area (Å²) in [6, 6.07) is 16.5. The molecule has 0 saturated carbocycles. The second-order valence-electron chi connectivity index (χ2n) is 10.4. The van der Waals surface area contributed by atoms with Gasteiger partial charge >= 0.3 is 5.97 Å². The first-order valence-electron chi connectivity index (χ1n) is 13.0. The summed E-state index contributed by atoms with van der Waals surface area (Å²) in [7, 11) is 4.67. The van der Waals surface area contributed by atoms with Crippen molar-refractivity contribution < 1.29 is 33.2 Å². The highest BCUT2D eigenvalue weighted by Gasteiger charge is 2.37. The molecule has 0 spiro atoms. The van der Waals surface area contributed by atoms with Crippen LogP contribution in [0.5, 0.6) is 28.7 Å². The molecule has 4 rings (SSSR count). The van der Waals surface area contributed by atoms with E-state index in [0.717, 1.165) is 22.3 Å². The lowest BCUT2D eigenvalue weighted by atomic mass is 9.81. The number of hydrogen-bond donors (Lipinski definition) is 1. The Morgan fingerprint density at radius 2 is 1.60 bits per heavy atom. The molecule has 1 N–H and O–H groups in total. The Labute approximate surface area is 235 Å². The highest BCUT2D eigenvalue weighted by Crippen LogP contribution is 2.45. The zero-order valence-corrected chi connectivity index (χ0v) is 23.9. The van der Waals surface area contributed by atoms with Gasteiger partial charge in [0.05, 0.1) is 21.3 Å². The highest BCUT2D eigenvalue weighted by atomic mass is 16.7. The smallest absolute Gasteiger partial charge is 0.324 e.